The fourth-order valence-electron chi connectivity index (χ4n) is 2.40. The van der Waals surface area contributed by atoms with Crippen molar-refractivity contribution < 1.29 is 14.3 Å². The normalized spacial score (nSPS) is 34.9. The van der Waals surface area contributed by atoms with Crippen molar-refractivity contribution in [3.63, 3.8) is 0 Å². The molecule has 0 aromatic rings. The third-order valence-electron chi connectivity index (χ3n) is 3.03. The summed E-state index contributed by atoms with van der Waals surface area (Å²) in [7, 11) is 0. The molecule has 0 aromatic heterocycles. The molecule has 2 heterocycles. The van der Waals surface area contributed by atoms with Gasteiger partial charge in [0.25, 0.3) is 0 Å². The zero-order valence-electron chi connectivity index (χ0n) is 8.82. The van der Waals surface area contributed by atoms with E-state index >= 15 is 0 Å². The zero-order valence-corrected chi connectivity index (χ0v) is 8.82. The lowest BCUT2D eigenvalue weighted by atomic mass is 9.81. The van der Waals surface area contributed by atoms with Gasteiger partial charge in [0.05, 0.1) is 12.2 Å². The first-order chi connectivity index (χ1) is 6.49. The van der Waals surface area contributed by atoms with Gasteiger partial charge >= 0.3 is 5.97 Å². The summed E-state index contributed by atoms with van der Waals surface area (Å²) in [6.07, 6.45) is 5.49. The fraction of sp³-hybridized carbons (Fsp3) is 0.727. The Balaban J connectivity index is 2.08. The Hall–Kier alpha value is -0.830. The molecule has 0 N–H and O–H groups in total. The van der Waals surface area contributed by atoms with Crippen molar-refractivity contribution in [2.75, 3.05) is 0 Å². The van der Waals surface area contributed by atoms with Gasteiger partial charge < -0.3 is 9.47 Å². The minimum Gasteiger partial charge on any atom is -0.459 e. The summed E-state index contributed by atoms with van der Waals surface area (Å²) in [5, 5.41) is 0. The topological polar surface area (TPSA) is 35.5 Å². The van der Waals surface area contributed by atoms with E-state index < -0.39 is 5.60 Å². The Morgan fingerprint density at radius 2 is 2.21 bits per heavy atom. The molecule has 0 aromatic carbocycles. The quantitative estimate of drug-likeness (QED) is 0.498. The highest BCUT2D eigenvalue weighted by Crippen LogP contribution is 2.41. The highest BCUT2D eigenvalue weighted by molar-refractivity contribution is 5.66. The van der Waals surface area contributed by atoms with E-state index in [0.717, 1.165) is 6.42 Å². The van der Waals surface area contributed by atoms with Gasteiger partial charge in [-0.2, -0.15) is 0 Å². The van der Waals surface area contributed by atoms with E-state index in [1.807, 2.05) is 13.8 Å². The molecule has 0 amide bonds. The predicted octanol–water partition coefficient (Wildman–Crippen LogP) is 1.67. The summed E-state index contributed by atoms with van der Waals surface area (Å²) in [6.45, 7) is 5.36. The summed E-state index contributed by atoms with van der Waals surface area (Å²) in [5.74, 6) is 0.0724. The Bertz CT molecular complexity index is 280. The summed E-state index contributed by atoms with van der Waals surface area (Å²) in [4.78, 5) is 10.9. The molecule has 1 saturated heterocycles. The fourth-order valence-corrected chi connectivity index (χ4v) is 2.40. The number of hydrogen-bond acceptors (Lipinski definition) is 3. The number of esters is 1. The first-order valence-electron chi connectivity index (χ1n) is 5.02. The second kappa shape index (κ2) is 3.09. The number of fused-ring (bicyclic) bond motifs is 2. The Morgan fingerprint density at radius 1 is 1.50 bits per heavy atom. The molecule has 3 atom stereocenters. The van der Waals surface area contributed by atoms with Crippen molar-refractivity contribution in [3.8, 4) is 0 Å². The summed E-state index contributed by atoms with van der Waals surface area (Å²) in [5.41, 5.74) is -0.421. The monoisotopic (exact) mass is 196 g/mol. The van der Waals surface area contributed by atoms with E-state index in [4.69, 9.17) is 9.47 Å². The molecule has 2 bridgehead atoms. The largest absolute Gasteiger partial charge is 0.459 e. The number of rotatable bonds is 2. The van der Waals surface area contributed by atoms with Crippen LogP contribution in [0.15, 0.2) is 12.2 Å². The van der Waals surface area contributed by atoms with Crippen LogP contribution in [0.5, 0.6) is 0 Å². The molecule has 14 heavy (non-hydrogen) atoms. The van der Waals surface area contributed by atoms with Gasteiger partial charge in [-0.25, -0.2) is 0 Å². The van der Waals surface area contributed by atoms with Crippen LogP contribution in [0.25, 0.3) is 0 Å². The molecular weight excluding hydrogens is 180 g/mol. The van der Waals surface area contributed by atoms with Gasteiger partial charge in [-0.05, 0) is 20.3 Å². The summed E-state index contributed by atoms with van der Waals surface area (Å²) >= 11 is 0. The molecule has 78 valence electrons. The smallest absolute Gasteiger partial charge is 0.303 e. The summed E-state index contributed by atoms with van der Waals surface area (Å²) in [6, 6.07) is 0. The molecule has 1 fully saturated rings. The number of ether oxygens (including phenoxy) is 2. The molecule has 0 radical (unpaired) electrons. The van der Waals surface area contributed by atoms with Crippen molar-refractivity contribution in [3.05, 3.63) is 12.2 Å². The average Bonchev–Trinajstić information content (AvgIpc) is 2.60. The van der Waals surface area contributed by atoms with Gasteiger partial charge in [0.1, 0.15) is 5.60 Å². The summed E-state index contributed by atoms with van der Waals surface area (Å²) < 4.78 is 11.0. The highest BCUT2D eigenvalue weighted by Gasteiger charge is 2.46. The SMILES string of the molecule is CC(=O)OC(C)(C)C1CC2C=CC1O2. The third kappa shape index (κ3) is 1.57. The first kappa shape index (κ1) is 9.71. The van der Waals surface area contributed by atoms with E-state index in [-0.39, 0.29) is 18.2 Å². The van der Waals surface area contributed by atoms with E-state index in [9.17, 15) is 4.79 Å². The van der Waals surface area contributed by atoms with Crippen molar-refractivity contribution >= 4 is 5.97 Å². The molecule has 0 spiro atoms. The second-order valence-corrected chi connectivity index (χ2v) is 4.56. The van der Waals surface area contributed by atoms with E-state index in [1.165, 1.54) is 6.92 Å². The number of hydrogen-bond donors (Lipinski definition) is 0. The van der Waals surface area contributed by atoms with Gasteiger partial charge in [0.15, 0.2) is 0 Å². The van der Waals surface area contributed by atoms with Gasteiger partial charge in [-0.15, -0.1) is 0 Å². The molecule has 0 aliphatic carbocycles. The Labute approximate surface area is 84.1 Å². The Kier molecular flexibility index (Phi) is 2.14. The van der Waals surface area contributed by atoms with Crippen LogP contribution in [0, 0.1) is 5.92 Å². The van der Waals surface area contributed by atoms with Crippen LogP contribution in [-0.2, 0) is 14.3 Å². The molecule has 3 unspecified atom stereocenters. The maximum absolute atomic E-state index is 10.9. The van der Waals surface area contributed by atoms with Crippen molar-refractivity contribution in [2.24, 2.45) is 5.92 Å². The van der Waals surface area contributed by atoms with Crippen LogP contribution in [0.1, 0.15) is 27.2 Å². The minimum atomic E-state index is -0.421. The molecular formula is C11H16O3. The van der Waals surface area contributed by atoms with Gasteiger partial charge in [0, 0.05) is 12.8 Å². The van der Waals surface area contributed by atoms with E-state index in [2.05, 4.69) is 12.2 Å². The van der Waals surface area contributed by atoms with Crippen LogP contribution in [0.4, 0.5) is 0 Å². The Morgan fingerprint density at radius 3 is 2.64 bits per heavy atom. The molecule has 3 nitrogen and oxygen atoms in total. The minimum absolute atomic E-state index is 0.134. The van der Waals surface area contributed by atoms with Gasteiger partial charge in [0.2, 0.25) is 0 Å². The van der Waals surface area contributed by atoms with Crippen molar-refractivity contribution in [1.29, 1.82) is 0 Å². The lowest BCUT2D eigenvalue weighted by molar-refractivity contribution is -0.160. The first-order valence-corrected chi connectivity index (χ1v) is 5.02. The maximum atomic E-state index is 10.9. The van der Waals surface area contributed by atoms with Gasteiger partial charge in [-0.3, -0.25) is 4.79 Å². The van der Waals surface area contributed by atoms with Crippen LogP contribution >= 0.6 is 0 Å². The average molecular weight is 196 g/mol. The molecule has 2 aliphatic heterocycles. The molecule has 3 heteroatoms. The molecule has 2 rings (SSSR count). The van der Waals surface area contributed by atoms with Crippen molar-refractivity contribution in [1.82, 2.24) is 0 Å². The van der Waals surface area contributed by atoms with E-state index in [1.54, 1.807) is 0 Å². The lowest BCUT2D eigenvalue weighted by Crippen LogP contribution is -2.40. The maximum Gasteiger partial charge on any atom is 0.303 e. The number of carbonyl (C=O) groups is 1. The predicted molar refractivity (Wildman–Crippen MR) is 51.8 cm³/mol. The van der Waals surface area contributed by atoms with Crippen LogP contribution in [-0.4, -0.2) is 23.8 Å². The molecule has 0 saturated carbocycles. The second-order valence-electron chi connectivity index (χ2n) is 4.56. The van der Waals surface area contributed by atoms with Gasteiger partial charge in [-0.1, -0.05) is 12.2 Å². The third-order valence-corrected chi connectivity index (χ3v) is 3.03. The molecule has 2 aliphatic rings. The number of carbonyl (C=O) groups excluding carboxylic acids is 1. The van der Waals surface area contributed by atoms with Crippen LogP contribution in [0.3, 0.4) is 0 Å². The van der Waals surface area contributed by atoms with Crippen LogP contribution < -0.4 is 0 Å². The standard InChI is InChI=1S/C11H16O3/c1-7(12)14-11(2,3)9-6-8-4-5-10(9)13-8/h4-5,8-10H,6H2,1-3H3. The van der Waals surface area contributed by atoms with Crippen molar-refractivity contribution in [2.45, 2.75) is 45.0 Å². The van der Waals surface area contributed by atoms with Crippen LogP contribution in [0.2, 0.25) is 0 Å². The van der Waals surface area contributed by atoms with E-state index in [0.29, 0.717) is 5.92 Å². The zero-order chi connectivity index (χ0) is 10.3. The highest BCUT2D eigenvalue weighted by atomic mass is 16.6. The lowest BCUT2D eigenvalue weighted by Gasteiger charge is -2.33.